The second-order valence-corrected chi connectivity index (χ2v) is 5.07. The van der Waals surface area contributed by atoms with Crippen molar-refractivity contribution in [3.05, 3.63) is 34.0 Å². The first-order valence-corrected chi connectivity index (χ1v) is 5.73. The summed E-state index contributed by atoms with van der Waals surface area (Å²) in [5.41, 5.74) is 5.94. The highest BCUT2D eigenvalue weighted by Gasteiger charge is 2.20. The van der Waals surface area contributed by atoms with Crippen LogP contribution in [0.15, 0.2) is 24.8 Å². The van der Waals surface area contributed by atoms with Crippen molar-refractivity contribution >= 4 is 22.9 Å². The van der Waals surface area contributed by atoms with Crippen molar-refractivity contribution in [2.45, 2.75) is 19.0 Å². The summed E-state index contributed by atoms with van der Waals surface area (Å²) in [4.78, 5) is 5.02. The number of rotatable bonds is 3. The zero-order valence-electron chi connectivity index (χ0n) is 8.17. The predicted molar refractivity (Wildman–Crippen MR) is 61.1 cm³/mol. The molecule has 2 N–H and O–H groups in total. The number of halogens is 1. The summed E-state index contributed by atoms with van der Waals surface area (Å²) in [6.07, 6.45) is 3.17. The first-order valence-electron chi connectivity index (χ1n) is 4.53. The highest BCUT2D eigenvalue weighted by molar-refractivity contribution is 7.16. The number of hydrogen-bond acceptors (Lipinski definition) is 4. The molecule has 0 saturated carbocycles. The first-order chi connectivity index (χ1) is 7.18. The van der Waals surface area contributed by atoms with Gasteiger partial charge in [0.05, 0.1) is 4.34 Å². The Morgan fingerprint density at radius 2 is 2.33 bits per heavy atom. The average Bonchev–Trinajstić information content (AvgIpc) is 2.77. The van der Waals surface area contributed by atoms with E-state index in [2.05, 4.69) is 10.1 Å². The van der Waals surface area contributed by atoms with Crippen molar-refractivity contribution in [1.29, 1.82) is 0 Å². The van der Waals surface area contributed by atoms with Crippen molar-refractivity contribution < 1.29 is 0 Å². The van der Waals surface area contributed by atoms with Gasteiger partial charge in [-0.15, -0.1) is 11.3 Å². The second kappa shape index (κ2) is 4.30. The average molecular weight is 243 g/mol. The molecule has 0 bridgehead atoms. The zero-order chi connectivity index (χ0) is 10.8. The molecule has 0 spiro atoms. The maximum Gasteiger partial charge on any atom is 0.137 e. The molecule has 80 valence electrons. The minimum atomic E-state index is -0.0404. The normalized spacial score (nSPS) is 15.1. The number of aromatic nitrogens is 3. The smallest absolute Gasteiger partial charge is 0.137 e. The molecule has 2 rings (SSSR count). The Bertz CT molecular complexity index is 423. The topological polar surface area (TPSA) is 56.7 Å². The third-order valence-corrected chi connectivity index (χ3v) is 3.41. The number of thiophene rings is 1. The molecular formula is C9H11ClN4S. The third-order valence-electron chi connectivity index (χ3n) is 2.11. The molecule has 0 aromatic carbocycles. The number of nitrogens with two attached hydrogens (primary N) is 1. The van der Waals surface area contributed by atoms with Crippen molar-refractivity contribution in [3.8, 4) is 0 Å². The van der Waals surface area contributed by atoms with Crippen LogP contribution in [0.1, 0.15) is 17.8 Å². The number of hydrogen-bond donors (Lipinski definition) is 1. The SMILES string of the molecule is CC(N)C(c1ccc(Cl)s1)n1cncn1. The molecule has 0 radical (unpaired) electrons. The third kappa shape index (κ3) is 2.19. The van der Waals surface area contributed by atoms with E-state index in [4.69, 9.17) is 17.3 Å². The fourth-order valence-corrected chi connectivity index (χ4v) is 2.75. The lowest BCUT2D eigenvalue weighted by molar-refractivity contribution is 0.459. The van der Waals surface area contributed by atoms with Gasteiger partial charge in [-0.1, -0.05) is 11.6 Å². The lowest BCUT2D eigenvalue weighted by Gasteiger charge is -2.19. The van der Waals surface area contributed by atoms with Crippen molar-refractivity contribution in [2.24, 2.45) is 5.73 Å². The summed E-state index contributed by atoms with van der Waals surface area (Å²) in [5, 5.41) is 4.11. The van der Waals surface area contributed by atoms with Gasteiger partial charge >= 0.3 is 0 Å². The van der Waals surface area contributed by atoms with Gasteiger partial charge in [0.25, 0.3) is 0 Å². The highest BCUT2D eigenvalue weighted by Crippen LogP contribution is 2.30. The van der Waals surface area contributed by atoms with Crippen LogP contribution in [0.25, 0.3) is 0 Å². The Kier molecular flexibility index (Phi) is 3.04. The summed E-state index contributed by atoms with van der Waals surface area (Å²) in [6.45, 7) is 1.94. The van der Waals surface area contributed by atoms with E-state index in [-0.39, 0.29) is 12.1 Å². The summed E-state index contributed by atoms with van der Waals surface area (Å²) in [5.74, 6) is 0. The molecule has 6 heteroatoms. The van der Waals surface area contributed by atoms with Crippen molar-refractivity contribution in [1.82, 2.24) is 14.8 Å². The molecule has 15 heavy (non-hydrogen) atoms. The van der Waals surface area contributed by atoms with Crippen LogP contribution in [0.4, 0.5) is 0 Å². The molecule has 4 nitrogen and oxygen atoms in total. The minimum Gasteiger partial charge on any atom is -0.326 e. The Morgan fingerprint density at radius 1 is 1.53 bits per heavy atom. The zero-order valence-corrected chi connectivity index (χ0v) is 9.74. The van der Waals surface area contributed by atoms with Crippen LogP contribution in [0.3, 0.4) is 0 Å². The molecule has 0 aliphatic carbocycles. The molecule has 2 heterocycles. The summed E-state index contributed by atoms with van der Waals surface area (Å²) in [6, 6.07) is 3.81. The van der Waals surface area contributed by atoms with Gasteiger partial charge in [-0.3, -0.25) is 0 Å². The van der Waals surface area contributed by atoms with E-state index in [0.717, 1.165) is 9.21 Å². The Balaban J connectivity index is 2.36. The monoisotopic (exact) mass is 242 g/mol. The fraction of sp³-hybridized carbons (Fsp3) is 0.333. The molecule has 0 amide bonds. The van der Waals surface area contributed by atoms with Gasteiger partial charge in [0.15, 0.2) is 0 Å². The summed E-state index contributed by atoms with van der Waals surface area (Å²) < 4.78 is 2.52. The molecule has 2 unspecified atom stereocenters. The van der Waals surface area contributed by atoms with Crippen LogP contribution in [-0.4, -0.2) is 20.8 Å². The van der Waals surface area contributed by atoms with E-state index < -0.39 is 0 Å². The molecular weight excluding hydrogens is 232 g/mol. The lowest BCUT2D eigenvalue weighted by atomic mass is 10.1. The second-order valence-electron chi connectivity index (χ2n) is 3.32. The molecule has 2 atom stereocenters. The van der Waals surface area contributed by atoms with Crippen molar-refractivity contribution in [3.63, 3.8) is 0 Å². The quantitative estimate of drug-likeness (QED) is 0.895. The van der Waals surface area contributed by atoms with Gasteiger partial charge in [0, 0.05) is 10.9 Å². The van der Waals surface area contributed by atoms with Gasteiger partial charge in [0.2, 0.25) is 0 Å². The number of nitrogens with zero attached hydrogens (tertiary/aromatic N) is 3. The van der Waals surface area contributed by atoms with Gasteiger partial charge in [0.1, 0.15) is 18.7 Å². The fourth-order valence-electron chi connectivity index (χ4n) is 1.48. The minimum absolute atomic E-state index is 0.00463. The van der Waals surface area contributed by atoms with E-state index in [1.165, 1.54) is 17.7 Å². The molecule has 0 saturated heterocycles. The Labute approximate surface area is 96.7 Å². The van der Waals surface area contributed by atoms with Crippen LogP contribution in [0.2, 0.25) is 4.34 Å². The molecule has 0 fully saturated rings. The Hall–Kier alpha value is -0.910. The maximum absolute atomic E-state index is 5.94. The maximum atomic E-state index is 5.94. The molecule has 0 aliphatic heterocycles. The standard InChI is InChI=1S/C9H11ClN4S/c1-6(11)9(14-5-12-4-13-14)7-2-3-8(10)15-7/h2-6,9H,11H2,1H3. The molecule has 2 aromatic rings. The summed E-state index contributed by atoms with van der Waals surface area (Å²) in [7, 11) is 0. The van der Waals surface area contributed by atoms with Crippen LogP contribution < -0.4 is 5.73 Å². The largest absolute Gasteiger partial charge is 0.326 e. The van der Waals surface area contributed by atoms with E-state index >= 15 is 0 Å². The van der Waals surface area contributed by atoms with Crippen LogP contribution >= 0.6 is 22.9 Å². The van der Waals surface area contributed by atoms with E-state index in [1.807, 2.05) is 19.1 Å². The predicted octanol–water partition coefficient (Wildman–Crippen LogP) is 1.93. The van der Waals surface area contributed by atoms with Crippen LogP contribution in [0, 0.1) is 0 Å². The van der Waals surface area contributed by atoms with E-state index in [9.17, 15) is 0 Å². The summed E-state index contributed by atoms with van der Waals surface area (Å²) >= 11 is 7.42. The van der Waals surface area contributed by atoms with Crippen LogP contribution in [0.5, 0.6) is 0 Å². The van der Waals surface area contributed by atoms with Gasteiger partial charge < -0.3 is 5.73 Å². The Morgan fingerprint density at radius 3 is 2.80 bits per heavy atom. The van der Waals surface area contributed by atoms with Crippen LogP contribution in [-0.2, 0) is 0 Å². The lowest BCUT2D eigenvalue weighted by Crippen LogP contribution is -2.29. The van der Waals surface area contributed by atoms with Gasteiger partial charge in [-0.25, -0.2) is 9.67 Å². The molecule has 0 aliphatic rings. The van der Waals surface area contributed by atoms with Gasteiger partial charge in [-0.2, -0.15) is 5.10 Å². The molecule has 2 aromatic heterocycles. The van der Waals surface area contributed by atoms with Crippen molar-refractivity contribution in [2.75, 3.05) is 0 Å². The van der Waals surface area contributed by atoms with E-state index in [1.54, 1.807) is 11.0 Å². The first kappa shape index (κ1) is 10.6. The van der Waals surface area contributed by atoms with Gasteiger partial charge in [-0.05, 0) is 19.1 Å². The highest BCUT2D eigenvalue weighted by atomic mass is 35.5. The van der Waals surface area contributed by atoms with E-state index in [0.29, 0.717) is 0 Å².